The minimum absolute atomic E-state index is 0.281. The van der Waals surface area contributed by atoms with E-state index in [4.69, 9.17) is 0 Å². The zero-order valence-corrected chi connectivity index (χ0v) is 17.7. The summed E-state index contributed by atoms with van der Waals surface area (Å²) in [6.45, 7) is 2.25. The fraction of sp³-hybridized carbons (Fsp3) is 0.381. The molecule has 0 unspecified atom stereocenters. The van der Waals surface area contributed by atoms with Gasteiger partial charge in [0.05, 0.1) is 5.69 Å². The number of nitrogens with one attached hydrogen (secondary N) is 1. The van der Waals surface area contributed by atoms with Crippen LogP contribution in [0.4, 0.5) is 11.4 Å². The second-order valence-corrected chi connectivity index (χ2v) is 9.34. The van der Waals surface area contributed by atoms with Gasteiger partial charge in [0.2, 0.25) is 5.91 Å². The summed E-state index contributed by atoms with van der Waals surface area (Å²) in [5.41, 5.74) is 2.62. The Kier molecular flexibility index (Phi) is 6.76. The number of hydrogen-bond donors (Lipinski definition) is 1. The zero-order valence-electron chi connectivity index (χ0n) is 16.9. The Hall–Kier alpha value is -2.58. The maximum absolute atomic E-state index is 12.7. The Bertz CT molecular complexity index is 909. The van der Waals surface area contributed by atoms with Crippen molar-refractivity contribution in [2.75, 3.05) is 42.9 Å². The van der Waals surface area contributed by atoms with E-state index >= 15 is 0 Å². The molecule has 1 N–H and O–H groups in total. The molecule has 7 nitrogen and oxygen atoms in total. The fourth-order valence-corrected chi connectivity index (χ4v) is 4.35. The van der Waals surface area contributed by atoms with Crippen LogP contribution in [0, 0.1) is 0 Å². The number of carbonyl (C=O) groups excluding carboxylic acids is 1. The van der Waals surface area contributed by atoms with Crippen molar-refractivity contribution < 1.29 is 13.2 Å². The van der Waals surface area contributed by atoms with E-state index < -0.39 is 10.2 Å². The van der Waals surface area contributed by atoms with Crippen LogP contribution in [-0.2, 0) is 21.5 Å². The van der Waals surface area contributed by atoms with E-state index in [1.54, 1.807) is 30.3 Å². The van der Waals surface area contributed by atoms with Gasteiger partial charge in [-0.15, -0.1) is 0 Å². The largest absolute Gasteiger partial charge is 0.372 e. The second-order valence-electron chi connectivity index (χ2n) is 7.27. The number of rotatable bonds is 8. The molecule has 1 aliphatic rings. The molecular weight excluding hydrogens is 388 g/mol. The molecule has 156 valence electrons. The highest BCUT2D eigenvalue weighted by molar-refractivity contribution is 7.90. The summed E-state index contributed by atoms with van der Waals surface area (Å²) < 4.78 is 27.6. The van der Waals surface area contributed by atoms with Gasteiger partial charge in [0, 0.05) is 39.4 Å². The normalized spacial score (nSPS) is 14.2. The average molecular weight is 417 g/mol. The van der Waals surface area contributed by atoms with Crippen molar-refractivity contribution in [2.45, 2.75) is 19.4 Å². The van der Waals surface area contributed by atoms with Gasteiger partial charge in [-0.3, -0.25) is 4.79 Å². The van der Waals surface area contributed by atoms with Gasteiger partial charge < -0.3 is 10.2 Å². The predicted octanol–water partition coefficient (Wildman–Crippen LogP) is 2.22. The Morgan fingerprint density at radius 3 is 2.21 bits per heavy atom. The third kappa shape index (κ3) is 5.27. The van der Waals surface area contributed by atoms with Gasteiger partial charge in [-0.25, -0.2) is 4.31 Å². The van der Waals surface area contributed by atoms with Gasteiger partial charge in [-0.1, -0.05) is 30.3 Å². The third-order valence-electron chi connectivity index (χ3n) is 4.97. The second kappa shape index (κ2) is 9.28. The highest BCUT2D eigenvalue weighted by Crippen LogP contribution is 2.21. The molecule has 1 saturated heterocycles. The first kappa shape index (κ1) is 21.1. The first-order valence-electron chi connectivity index (χ1n) is 9.74. The summed E-state index contributed by atoms with van der Waals surface area (Å²) in [6.07, 6.45) is 2.46. The monoisotopic (exact) mass is 416 g/mol. The van der Waals surface area contributed by atoms with Crippen molar-refractivity contribution in [1.29, 1.82) is 0 Å². The minimum atomic E-state index is -3.78. The van der Waals surface area contributed by atoms with Crippen LogP contribution in [0.15, 0.2) is 54.6 Å². The van der Waals surface area contributed by atoms with E-state index in [2.05, 4.69) is 22.3 Å². The molecule has 0 aliphatic carbocycles. The summed E-state index contributed by atoms with van der Waals surface area (Å²) >= 11 is 0. The topological polar surface area (TPSA) is 73.0 Å². The lowest BCUT2D eigenvalue weighted by molar-refractivity contribution is -0.119. The number of anilines is 2. The molecule has 0 spiro atoms. The third-order valence-corrected chi connectivity index (χ3v) is 6.79. The Balaban J connectivity index is 1.63. The predicted molar refractivity (Wildman–Crippen MR) is 116 cm³/mol. The summed E-state index contributed by atoms with van der Waals surface area (Å²) in [4.78, 5) is 14.9. The van der Waals surface area contributed by atoms with Crippen molar-refractivity contribution in [3.05, 3.63) is 60.2 Å². The molecule has 2 aromatic carbocycles. The maximum Gasteiger partial charge on any atom is 0.304 e. The van der Waals surface area contributed by atoms with Gasteiger partial charge >= 0.3 is 10.2 Å². The molecule has 1 amide bonds. The Morgan fingerprint density at radius 1 is 1.00 bits per heavy atom. The standard InChI is InChI=1S/C21H28N4O3S/c1-23(2)29(27,28)25(20-8-4-3-5-9-20)17-21(26)22-16-18-10-12-19(13-11-18)24-14-6-7-15-24/h3-5,8-13H,6-7,14-17H2,1-2H3,(H,22,26). The lowest BCUT2D eigenvalue weighted by atomic mass is 10.2. The highest BCUT2D eigenvalue weighted by atomic mass is 32.2. The SMILES string of the molecule is CN(C)S(=O)(=O)N(CC(=O)NCc1ccc(N2CCCC2)cc1)c1ccccc1. The van der Waals surface area contributed by atoms with Crippen LogP contribution in [0.2, 0.25) is 0 Å². The van der Waals surface area contributed by atoms with Crippen LogP contribution in [0.3, 0.4) is 0 Å². The van der Waals surface area contributed by atoms with E-state index in [0.29, 0.717) is 12.2 Å². The molecule has 0 atom stereocenters. The van der Waals surface area contributed by atoms with Gasteiger partial charge in [-0.05, 0) is 42.7 Å². The number of benzene rings is 2. The van der Waals surface area contributed by atoms with Crippen LogP contribution >= 0.6 is 0 Å². The van der Waals surface area contributed by atoms with Crippen molar-refractivity contribution in [2.24, 2.45) is 0 Å². The summed E-state index contributed by atoms with van der Waals surface area (Å²) in [7, 11) is -0.886. The van der Waals surface area contributed by atoms with Crippen molar-refractivity contribution in [1.82, 2.24) is 9.62 Å². The van der Waals surface area contributed by atoms with E-state index in [1.807, 2.05) is 12.1 Å². The molecular formula is C21H28N4O3S. The first-order chi connectivity index (χ1) is 13.9. The highest BCUT2D eigenvalue weighted by Gasteiger charge is 2.27. The summed E-state index contributed by atoms with van der Waals surface area (Å²) in [5.74, 6) is -0.358. The van der Waals surface area contributed by atoms with Crippen molar-refractivity contribution in [3.63, 3.8) is 0 Å². The molecule has 8 heteroatoms. The number of para-hydroxylation sites is 1. The lowest BCUT2D eigenvalue weighted by Crippen LogP contribution is -2.45. The number of amides is 1. The lowest BCUT2D eigenvalue weighted by Gasteiger charge is -2.26. The summed E-state index contributed by atoms with van der Waals surface area (Å²) in [5, 5.41) is 2.82. The number of hydrogen-bond acceptors (Lipinski definition) is 4. The Morgan fingerprint density at radius 2 is 1.62 bits per heavy atom. The van der Waals surface area contributed by atoms with Crippen LogP contribution < -0.4 is 14.5 Å². The molecule has 29 heavy (non-hydrogen) atoms. The molecule has 1 aliphatic heterocycles. The quantitative estimate of drug-likeness (QED) is 0.716. The fourth-order valence-electron chi connectivity index (χ4n) is 3.28. The van der Waals surface area contributed by atoms with Gasteiger partial charge in [-0.2, -0.15) is 12.7 Å². The molecule has 1 fully saturated rings. The van der Waals surface area contributed by atoms with E-state index in [1.165, 1.54) is 32.6 Å². The average Bonchev–Trinajstić information content (AvgIpc) is 3.26. The molecule has 0 aromatic heterocycles. The molecule has 3 rings (SSSR count). The first-order valence-corrected chi connectivity index (χ1v) is 11.1. The molecule has 2 aromatic rings. The molecule has 1 heterocycles. The molecule has 0 bridgehead atoms. The van der Waals surface area contributed by atoms with Crippen LogP contribution in [0.1, 0.15) is 18.4 Å². The van der Waals surface area contributed by atoms with Crippen LogP contribution in [-0.4, -0.2) is 52.4 Å². The Labute approximate surface area is 173 Å². The maximum atomic E-state index is 12.7. The number of nitrogens with zero attached hydrogens (tertiary/aromatic N) is 3. The van der Waals surface area contributed by atoms with Gasteiger partial charge in [0.25, 0.3) is 0 Å². The minimum Gasteiger partial charge on any atom is -0.372 e. The van der Waals surface area contributed by atoms with Gasteiger partial charge in [0.15, 0.2) is 0 Å². The van der Waals surface area contributed by atoms with Gasteiger partial charge in [0.1, 0.15) is 6.54 Å². The van der Waals surface area contributed by atoms with E-state index in [0.717, 1.165) is 27.3 Å². The van der Waals surface area contributed by atoms with E-state index in [-0.39, 0.29) is 12.5 Å². The van der Waals surface area contributed by atoms with Crippen molar-refractivity contribution >= 4 is 27.5 Å². The van der Waals surface area contributed by atoms with E-state index in [9.17, 15) is 13.2 Å². The van der Waals surface area contributed by atoms with Crippen LogP contribution in [0.5, 0.6) is 0 Å². The summed E-state index contributed by atoms with van der Waals surface area (Å²) in [6, 6.07) is 16.8. The molecule has 0 saturated carbocycles. The van der Waals surface area contributed by atoms with Crippen molar-refractivity contribution in [3.8, 4) is 0 Å². The number of carbonyl (C=O) groups is 1. The zero-order chi connectivity index (χ0) is 20.9. The smallest absolute Gasteiger partial charge is 0.304 e. The van der Waals surface area contributed by atoms with Crippen LogP contribution in [0.25, 0.3) is 0 Å². The molecule has 0 radical (unpaired) electrons.